The Labute approximate surface area is 133 Å². The van der Waals surface area contributed by atoms with Crippen LogP contribution in [0.15, 0.2) is 30.3 Å². The molecular formula is C17H20BrNO2. The van der Waals surface area contributed by atoms with Gasteiger partial charge in [-0.15, -0.1) is 0 Å². The number of hydrogen-bond donors (Lipinski definition) is 0. The van der Waals surface area contributed by atoms with Crippen LogP contribution in [0.1, 0.15) is 18.5 Å². The predicted molar refractivity (Wildman–Crippen MR) is 88.3 cm³/mol. The van der Waals surface area contributed by atoms with E-state index in [9.17, 15) is 0 Å². The van der Waals surface area contributed by atoms with Crippen LogP contribution in [-0.2, 0) is 4.74 Å². The zero-order valence-electron chi connectivity index (χ0n) is 12.3. The van der Waals surface area contributed by atoms with E-state index in [4.69, 9.17) is 9.47 Å². The summed E-state index contributed by atoms with van der Waals surface area (Å²) in [6.07, 6.45) is 2.07. The number of hydrogen-bond acceptors (Lipinski definition) is 3. The van der Waals surface area contributed by atoms with Crippen molar-refractivity contribution in [3.8, 4) is 5.75 Å². The summed E-state index contributed by atoms with van der Waals surface area (Å²) in [7, 11) is 0. The number of benzene rings is 1. The first-order valence-corrected chi connectivity index (χ1v) is 8.48. The molecule has 1 aromatic heterocycles. The second kappa shape index (κ2) is 6.32. The summed E-state index contributed by atoms with van der Waals surface area (Å²) >= 11 is 3.65. The maximum absolute atomic E-state index is 6.16. The van der Waals surface area contributed by atoms with Gasteiger partial charge in [-0.25, -0.2) is 4.98 Å². The average Bonchev–Trinajstić information content (AvgIpc) is 2.54. The number of nitrogens with zero attached hydrogens (tertiary/aromatic N) is 1. The molecule has 1 fully saturated rings. The molecule has 4 heteroatoms. The molecule has 0 saturated carbocycles. The lowest BCUT2D eigenvalue weighted by Crippen LogP contribution is -2.36. The molecule has 3 rings (SSSR count). The Kier molecular flexibility index (Phi) is 4.45. The van der Waals surface area contributed by atoms with Crippen molar-refractivity contribution in [2.24, 2.45) is 5.41 Å². The molecule has 0 amide bonds. The Morgan fingerprint density at radius 2 is 2.05 bits per heavy atom. The van der Waals surface area contributed by atoms with Gasteiger partial charge >= 0.3 is 0 Å². The third-order valence-corrected chi connectivity index (χ3v) is 5.38. The molecular weight excluding hydrogens is 330 g/mol. The van der Waals surface area contributed by atoms with E-state index < -0.39 is 0 Å². The Balaban J connectivity index is 1.83. The molecule has 3 nitrogen and oxygen atoms in total. The maximum atomic E-state index is 6.16. The highest BCUT2D eigenvalue weighted by Crippen LogP contribution is 2.34. The lowest BCUT2D eigenvalue weighted by atomic mass is 9.83. The second-order valence-corrected chi connectivity index (χ2v) is 6.38. The minimum Gasteiger partial charge on any atom is -0.491 e. The molecule has 112 valence electrons. The average molecular weight is 350 g/mol. The normalized spacial score (nSPS) is 17.8. The van der Waals surface area contributed by atoms with Crippen LogP contribution in [0, 0.1) is 12.3 Å². The first-order chi connectivity index (χ1) is 10.2. The van der Waals surface area contributed by atoms with Crippen LogP contribution < -0.4 is 4.74 Å². The van der Waals surface area contributed by atoms with Gasteiger partial charge in [0.25, 0.3) is 0 Å². The lowest BCUT2D eigenvalue weighted by Gasteiger charge is -2.35. The molecule has 1 saturated heterocycles. The molecule has 1 aliphatic heterocycles. The Bertz CT molecular complexity index is 623. The number of aromatic nitrogens is 1. The van der Waals surface area contributed by atoms with Crippen LogP contribution in [0.5, 0.6) is 5.75 Å². The summed E-state index contributed by atoms with van der Waals surface area (Å²) < 4.78 is 11.6. The van der Waals surface area contributed by atoms with Gasteiger partial charge in [0, 0.05) is 35.0 Å². The van der Waals surface area contributed by atoms with E-state index in [1.165, 1.54) is 0 Å². The zero-order valence-corrected chi connectivity index (χ0v) is 13.9. The quantitative estimate of drug-likeness (QED) is 0.778. The van der Waals surface area contributed by atoms with Crippen molar-refractivity contribution in [2.75, 3.05) is 25.2 Å². The minimum absolute atomic E-state index is 0.171. The van der Waals surface area contributed by atoms with Crippen molar-refractivity contribution in [3.05, 3.63) is 36.0 Å². The molecule has 0 aliphatic carbocycles. The van der Waals surface area contributed by atoms with Gasteiger partial charge < -0.3 is 9.47 Å². The molecule has 0 spiro atoms. The fraction of sp³-hybridized carbons (Fsp3) is 0.471. The molecule has 0 radical (unpaired) electrons. The molecule has 21 heavy (non-hydrogen) atoms. The number of ether oxygens (including phenoxy) is 2. The van der Waals surface area contributed by atoms with Crippen LogP contribution in [0.3, 0.4) is 0 Å². The highest BCUT2D eigenvalue weighted by Gasteiger charge is 2.32. The topological polar surface area (TPSA) is 31.4 Å². The SMILES string of the molecule is Cc1ccc2cccc(OCC3(CBr)CCOCC3)c2n1. The third-order valence-electron chi connectivity index (χ3n) is 4.19. The number of fused-ring (bicyclic) bond motifs is 1. The van der Waals surface area contributed by atoms with Crippen molar-refractivity contribution >= 4 is 26.8 Å². The van der Waals surface area contributed by atoms with E-state index in [2.05, 4.69) is 33.0 Å². The first kappa shape index (κ1) is 14.8. The van der Waals surface area contributed by atoms with Gasteiger partial charge in [-0.1, -0.05) is 34.1 Å². The molecule has 1 aromatic carbocycles. The summed E-state index contributed by atoms with van der Waals surface area (Å²) in [4.78, 5) is 4.63. The fourth-order valence-electron chi connectivity index (χ4n) is 2.69. The van der Waals surface area contributed by atoms with Crippen LogP contribution in [-0.4, -0.2) is 30.1 Å². The van der Waals surface area contributed by atoms with Gasteiger partial charge in [0.05, 0.1) is 6.61 Å². The van der Waals surface area contributed by atoms with Crippen LogP contribution in [0.2, 0.25) is 0 Å². The van der Waals surface area contributed by atoms with Gasteiger partial charge in [-0.2, -0.15) is 0 Å². The monoisotopic (exact) mass is 349 g/mol. The largest absolute Gasteiger partial charge is 0.491 e. The Morgan fingerprint density at radius 3 is 2.81 bits per heavy atom. The van der Waals surface area contributed by atoms with Crippen LogP contribution in [0.25, 0.3) is 10.9 Å². The van der Waals surface area contributed by atoms with Gasteiger partial charge in [-0.3, -0.25) is 0 Å². The predicted octanol–water partition coefficient (Wildman–Crippen LogP) is 4.11. The van der Waals surface area contributed by atoms with Gasteiger partial charge in [0.2, 0.25) is 0 Å². The zero-order chi connectivity index (χ0) is 14.7. The van der Waals surface area contributed by atoms with Crippen molar-refractivity contribution in [2.45, 2.75) is 19.8 Å². The number of alkyl halides is 1. The number of para-hydroxylation sites is 1. The molecule has 1 aliphatic rings. The van der Waals surface area contributed by atoms with E-state index in [0.29, 0.717) is 6.61 Å². The summed E-state index contributed by atoms with van der Waals surface area (Å²) in [6.45, 7) is 4.36. The van der Waals surface area contributed by atoms with Crippen molar-refractivity contribution < 1.29 is 9.47 Å². The van der Waals surface area contributed by atoms with Gasteiger partial charge in [0.1, 0.15) is 11.3 Å². The Hall–Kier alpha value is -1.13. The maximum Gasteiger partial charge on any atom is 0.145 e. The van der Waals surface area contributed by atoms with E-state index in [1.807, 2.05) is 25.1 Å². The number of pyridine rings is 1. The first-order valence-electron chi connectivity index (χ1n) is 7.35. The summed E-state index contributed by atoms with van der Waals surface area (Å²) in [5, 5.41) is 2.07. The number of rotatable bonds is 4. The minimum atomic E-state index is 0.171. The van der Waals surface area contributed by atoms with Crippen molar-refractivity contribution in [3.63, 3.8) is 0 Å². The standard InChI is InChI=1S/C17H20BrNO2/c1-13-5-6-14-3-2-4-15(16(14)19-13)21-12-17(11-18)7-9-20-10-8-17/h2-6H,7-12H2,1H3. The van der Waals surface area contributed by atoms with Crippen LogP contribution >= 0.6 is 15.9 Å². The highest BCUT2D eigenvalue weighted by molar-refractivity contribution is 9.09. The summed E-state index contributed by atoms with van der Waals surface area (Å²) in [5.41, 5.74) is 2.14. The van der Waals surface area contributed by atoms with Gasteiger partial charge in [-0.05, 0) is 31.9 Å². The smallest absolute Gasteiger partial charge is 0.145 e. The third kappa shape index (κ3) is 3.22. The van der Waals surface area contributed by atoms with Crippen LogP contribution in [0.4, 0.5) is 0 Å². The van der Waals surface area contributed by atoms with E-state index in [0.717, 1.165) is 53.7 Å². The van der Waals surface area contributed by atoms with E-state index in [-0.39, 0.29) is 5.41 Å². The molecule has 2 aromatic rings. The van der Waals surface area contributed by atoms with E-state index in [1.54, 1.807) is 0 Å². The molecule has 2 heterocycles. The van der Waals surface area contributed by atoms with Crippen molar-refractivity contribution in [1.29, 1.82) is 0 Å². The fourth-order valence-corrected chi connectivity index (χ4v) is 3.41. The summed E-state index contributed by atoms with van der Waals surface area (Å²) in [6, 6.07) is 10.2. The number of halogens is 1. The van der Waals surface area contributed by atoms with Gasteiger partial charge in [0.15, 0.2) is 0 Å². The van der Waals surface area contributed by atoms with E-state index >= 15 is 0 Å². The highest BCUT2D eigenvalue weighted by atomic mass is 79.9. The molecule has 0 atom stereocenters. The second-order valence-electron chi connectivity index (χ2n) is 5.82. The molecule has 0 N–H and O–H groups in total. The number of aryl methyl sites for hydroxylation is 1. The Morgan fingerprint density at radius 1 is 1.24 bits per heavy atom. The molecule has 0 unspecified atom stereocenters. The lowest BCUT2D eigenvalue weighted by molar-refractivity contribution is 0.00379. The summed E-state index contributed by atoms with van der Waals surface area (Å²) in [5.74, 6) is 0.878. The molecule has 0 bridgehead atoms. The van der Waals surface area contributed by atoms with Crippen molar-refractivity contribution in [1.82, 2.24) is 4.98 Å².